The minimum absolute atomic E-state index is 0.202. The van der Waals surface area contributed by atoms with Gasteiger partial charge >= 0.3 is 0 Å². The lowest BCUT2D eigenvalue weighted by molar-refractivity contribution is -0.113. The molecule has 4 N–H and O–H groups in total. The first kappa shape index (κ1) is 35.1. The number of hydrazine groups is 2. The Kier molecular flexibility index (Phi) is 9.37. The van der Waals surface area contributed by atoms with Crippen molar-refractivity contribution < 1.29 is 24.0 Å². The summed E-state index contributed by atoms with van der Waals surface area (Å²) < 4.78 is 0. The van der Waals surface area contributed by atoms with Crippen molar-refractivity contribution in [2.45, 2.75) is 27.7 Å². The SMILES string of the molecule is Cc1ccc(N2C(=O)C(=CNNC(=O)c3cccc(NNC=C4C(=O)N(c5ccc(C)c(C)c5)C(=O)c5ccccc54)c3)c3ccccc3C2=O)cc1C. The Hall–Kier alpha value is -7.27. The van der Waals surface area contributed by atoms with Crippen LogP contribution in [0.4, 0.5) is 17.1 Å². The lowest BCUT2D eigenvalue weighted by Gasteiger charge is -2.29. The van der Waals surface area contributed by atoms with Gasteiger partial charge < -0.3 is 16.3 Å². The van der Waals surface area contributed by atoms with Gasteiger partial charge in [-0.15, -0.1) is 0 Å². The number of anilines is 3. The first-order valence-electron chi connectivity index (χ1n) is 17.2. The summed E-state index contributed by atoms with van der Waals surface area (Å²) in [6.07, 6.45) is 2.87. The van der Waals surface area contributed by atoms with Crippen molar-refractivity contribution in [3.8, 4) is 0 Å². The summed E-state index contributed by atoms with van der Waals surface area (Å²) in [6, 6.07) is 31.2. The summed E-state index contributed by atoms with van der Waals surface area (Å²) in [4.78, 5) is 70.0. The van der Waals surface area contributed by atoms with E-state index in [9.17, 15) is 24.0 Å². The monoisotopic (exact) mass is 716 g/mol. The Bertz CT molecular complexity index is 2470. The molecule has 5 aromatic carbocycles. The molecule has 0 saturated heterocycles. The highest BCUT2D eigenvalue weighted by atomic mass is 16.2. The van der Waals surface area contributed by atoms with Crippen molar-refractivity contribution >= 4 is 57.7 Å². The van der Waals surface area contributed by atoms with Crippen LogP contribution in [0.2, 0.25) is 0 Å². The van der Waals surface area contributed by atoms with Crippen LogP contribution in [0.25, 0.3) is 11.1 Å². The number of carbonyl (C=O) groups is 5. The van der Waals surface area contributed by atoms with Crippen molar-refractivity contribution in [1.29, 1.82) is 0 Å². The molecule has 0 atom stereocenters. The second-order valence-corrected chi connectivity index (χ2v) is 13.1. The summed E-state index contributed by atoms with van der Waals surface area (Å²) in [5.74, 6) is -2.35. The van der Waals surface area contributed by atoms with Crippen molar-refractivity contribution in [2.24, 2.45) is 0 Å². The van der Waals surface area contributed by atoms with Crippen molar-refractivity contribution in [3.05, 3.63) is 172 Å². The van der Waals surface area contributed by atoms with Crippen LogP contribution in [0.1, 0.15) is 64.5 Å². The molecular weight excluding hydrogens is 681 g/mol. The minimum Gasteiger partial charge on any atom is -0.307 e. The zero-order valence-electron chi connectivity index (χ0n) is 30.0. The molecule has 11 heteroatoms. The van der Waals surface area contributed by atoms with E-state index in [1.807, 2.05) is 45.9 Å². The van der Waals surface area contributed by atoms with Gasteiger partial charge in [-0.2, -0.15) is 0 Å². The van der Waals surface area contributed by atoms with Gasteiger partial charge in [0.25, 0.3) is 29.5 Å². The van der Waals surface area contributed by atoms with E-state index in [0.717, 1.165) is 27.2 Å². The van der Waals surface area contributed by atoms with Gasteiger partial charge in [0.15, 0.2) is 0 Å². The molecule has 11 nitrogen and oxygen atoms in total. The average molecular weight is 717 g/mol. The maximum absolute atomic E-state index is 13.8. The van der Waals surface area contributed by atoms with E-state index in [1.165, 1.54) is 17.3 Å². The van der Waals surface area contributed by atoms with Crippen LogP contribution in [0.15, 0.2) is 122 Å². The van der Waals surface area contributed by atoms with Crippen LogP contribution in [0.3, 0.4) is 0 Å². The standard InChI is InChI=1S/C43H36N6O5/c1-25-16-18-31(20-27(25)3)48-40(51)35-14-7-5-12-33(35)37(42(48)53)23-44-46-30-11-9-10-29(22-30)39(50)47-45-24-38-34-13-6-8-15-36(34)41(52)49(43(38)54)32-19-17-26(2)28(4)21-32/h5-24,44-46H,1-4H3,(H,47,50). The van der Waals surface area contributed by atoms with Crippen LogP contribution in [-0.4, -0.2) is 29.5 Å². The Labute approximate surface area is 311 Å². The number of benzene rings is 5. The lowest BCUT2D eigenvalue weighted by atomic mass is 9.93. The molecule has 0 bridgehead atoms. The molecule has 0 saturated carbocycles. The van der Waals surface area contributed by atoms with Gasteiger partial charge in [0.05, 0.1) is 28.2 Å². The summed E-state index contributed by atoms with van der Waals surface area (Å²) in [5.41, 5.74) is 19.2. The largest absolute Gasteiger partial charge is 0.307 e. The Morgan fingerprint density at radius 2 is 0.981 bits per heavy atom. The predicted molar refractivity (Wildman–Crippen MR) is 208 cm³/mol. The van der Waals surface area contributed by atoms with E-state index < -0.39 is 29.5 Å². The number of nitrogens with one attached hydrogen (secondary N) is 4. The number of hydrogen-bond acceptors (Lipinski definition) is 8. The molecule has 7 rings (SSSR count). The van der Waals surface area contributed by atoms with Crippen LogP contribution < -0.4 is 31.5 Å². The van der Waals surface area contributed by atoms with Gasteiger partial charge in [-0.1, -0.05) is 54.6 Å². The Balaban J connectivity index is 1.06. The molecule has 2 aliphatic rings. The highest BCUT2D eigenvalue weighted by Crippen LogP contribution is 2.34. The first-order chi connectivity index (χ1) is 26.0. The molecule has 0 aliphatic carbocycles. The molecule has 5 amide bonds. The van der Waals surface area contributed by atoms with E-state index >= 15 is 0 Å². The van der Waals surface area contributed by atoms with E-state index in [-0.39, 0.29) is 16.7 Å². The van der Waals surface area contributed by atoms with Gasteiger partial charge in [-0.3, -0.25) is 29.4 Å². The molecule has 0 radical (unpaired) electrons. The first-order valence-corrected chi connectivity index (χ1v) is 17.2. The molecule has 54 heavy (non-hydrogen) atoms. The van der Waals surface area contributed by atoms with E-state index in [1.54, 1.807) is 91.0 Å². The summed E-state index contributed by atoms with van der Waals surface area (Å²) in [7, 11) is 0. The van der Waals surface area contributed by atoms with Crippen LogP contribution in [0, 0.1) is 27.7 Å². The second-order valence-electron chi connectivity index (χ2n) is 13.1. The number of aryl methyl sites for hydroxylation is 4. The number of amides is 5. The van der Waals surface area contributed by atoms with Gasteiger partial charge in [0, 0.05) is 40.2 Å². The maximum Gasteiger partial charge on any atom is 0.269 e. The van der Waals surface area contributed by atoms with Crippen molar-refractivity contribution in [3.63, 3.8) is 0 Å². The molecule has 0 unspecified atom stereocenters. The molecule has 2 heterocycles. The van der Waals surface area contributed by atoms with Crippen LogP contribution in [0.5, 0.6) is 0 Å². The summed E-state index contributed by atoms with van der Waals surface area (Å²) >= 11 is 0. The summed E-state index contributed by atoms with van der Waals surface area (Å²) in [5, 5.41) is 0. The van der Waals surface area contributed by atoms with E-state index in [0.29, 0.717) is 39.3 Å². The highest BCUT2D eigenvalue weighted by Gasteiger charge is 2.37. The molecule has 0 spiro atoms. The highest BCUT2D eigenvalue weighted by molar-refractivity contribution is 6.42. The number of carbonyl (C=O) groups excluding carboxylic acids is 5. The number of nitrogens with zero attached hydrogens (tertiary/aromatic N) is 2. The zero-order valence-corrected chi connectivity index (χ0v) is 30.0. The lowest BCUT2D eigenvalue weighted by Crippen LogP contribution is -2.43. The Morgan fingerprint density at radius 3 is 1.48 bits per heavy atom. The number of imide groups is 2. The van der Waals surface area contributed by atoms with E-state index in [4.69, 9.17) is 0 Å². The third-order valence-electron chi connectivity index (χ3n) is 9.63. The third kappa shape index (κ3) is 6.50. The van der Waals surface area contributed by atoms with Crippen molar-refractivity contribution in [1.82, 2.24) is 16.3 Å². The summed E-state index contributed by atoms with van der Waals surface area (Å²) in [6.45, 7) is 7.76. The smallest absolute Gasteiger partial charge is 0.269 e. The molecule has 0 fully saturated rings. The third-order valence-corrected chi connectivity index (χ3v) is 9.63. The number of fused-ring (bicyclic) bond motifs is 2. The van der Waals surface area contributed by atoms with Crippen LogP contribution >= 0.6 is 0 Å². The normalized spacial score (nSPS) is 15.3. The molecule has 0 aromatic heterocycles. The fraction of sp³-hybridized carbons (Fsp3) is 0.0930. The number of rotatable bonds is 8. The Morgan fingerprint density at radius 1 is 0.500 bits per heavy atom. The topological polar surface area (TPSA) is 140 Å². The van der Waals surface area contributed by atoms with Gasteiger partial charge in [-0.25, -0.2) is 9.80 Å². The predicted octanol–water partition coefficient (Wildman–Crippen LogP) is 6.53. The van der Waals surface area contributed by atoms with Gasteiger partial charge in [0.2, 0.25) is 0 Å². The molecule has 5 aromatic rings. The van der Waals surface area contributed by atoms with Gasteiger partial charge in [-0.05, 0) is 105 Å². The molecule has 268 valence electrons. The van der Waals surface area contributed by atoms with E-state index in [2.05, 4.69) is 21.7 Å². The fourth-order valence-corrected chi connectivity index (χ4v) is 6.36. The molecular formula is C43H36N6O5. The second kappa shape index (κ2) is 14.4. The average Bonchev–Trinajstić information content (AvgIpc) is 3.17. The number of hydrogen-bond donors (Lipinski definition) is 4. The van der Waals surface area contributed by atoms with Gasteiger partial charge in [0.1, 0.15) is 0 Å². The van der Waals surface area contributed by atoms with Crippen LogP contribution in [-0.2, 0) is 9.59 Å². The fourth-order valence-electron chi connectivity index (χ4n) is 6.36. The van der Waals surface area contributed by atoms with Crippen molar-refractivity contribution in [2.75, 3.05) is 15.2 Å². The zero-order chi connectivity index (χ0) is 38.1. The minimum atomic E-state index is -0.532. The maximum atomic E-state index is 13.8. The molecule has 2 aliphatic heterocycles. The quantitative estimate of drug-likeness (QED) is 0.0808.